The first-order valence-electron chi connectivity index (χ1n) is 4.85. The third kappa shape index (κ3) is 1.79. The number of hydrogen-bond acceptors (Lipinski definition) is 2. The van der Waals surface area contributed by atoms with Crippen molar-refractivity contribution in [3.63, 3.8) is 0 Å². The van der Waals surface area contributed by atoms with Crippen LogP contribution in [0, 0.1) is 5.92 Å². The summed E-state index contributed by atoms with van der Waals surface area (Å²) in [5.74, 6) is 0.757. The minimum Gasteiger partial charge on any atom is -0.328 e. The minimum absolute atomic E-state index is 0.701. The van der Waals surface area contributed by atoms with Crippen molar-refractivity contribution in [3.05, 3.63) is 18.2 Å². The summed E-state index contributed by atoms with van der Waals surface area (Å²) in [4.78, 5) is 14.6. The lowest BCUT2D eigenvalue weighted by Gasteiger charge is -2.10. The molecule has 1 aliphatic carbocycles. The third-order valence-corrected chi connectivity index (χ3v) is 2.79. The predicted octanol–water partition coefficient (Wildman–Crippen LogP) is 1.89. The zero-order chi connectivity index (χ0) is 9.10. The molecule has 2 rings (SSSR count). The minimum atomic E-state index is 0.701. The molecule has 0 atom stereocenters. The van der Waals surface area contributed by atoms with Crippen molar-refractivity contribution in [1.82, 2.24) is 9.55 Å². The summed E-state index contributed by atoms with van der Waals surface area (Å²) < 4.78 is 1.96. The number of aromatic nitrogens is 2. The molecule has 0 saturated heterocycles. The summed E-state index contributed by atoms with van der Waals surface area (Å²) in [5.41, 5.74) is 0.701. The van der Waals surface area contributed by atoms with Gasteiger partial charge in [0, 0.05) is 6.54 Å². The Labute approximate surface area is 77.8 Å². The number of imidazole rings is 1. The lowest BCUT2D eigenvalue weighted by molar-refractivity contribution is 0.111. The zero-order valence-electron chi connectivity index (χ0n) is 7.65. The van der Waals surface area contributed by atoms with Crippen molar-refractivity contribution in [2.75, 3.05) is 0 Å². The Hall–Kier alpha value is -1.12. The molecular formula is C10H14N2O. The van der Waals surface area contributed by atoms with Crippen LogP contribution in [0.4, 0.5) is 0 Å². The number of aldehydes is 1. The summed E-state index contributed by atoms with van der Waals surface area (Å²) in [7, 11) is 0. The molecule has 1 saturated carbocycles. The second kappa shape index (κ2) is 3.73. The molecule has 0 aliphatic heterocycles. The second-order valence-electron chi connectivity index (χ2n) is 3.74. The predicted molar refractivity (Wildman–Crippen MR) is 49.6 cm³/mol. The van der Waals surface area contributed by atoms with E-state index < -0.39 is 0 Å². The SMILES string of the molecule is O=Cc1cncn1CC1CCCC1. The summed E-state index contributed by atoms with van der Waals surface area (Å²) in [6.45, 7) is 0.966. The van der Waals surface area contributed by atoms with Crippen LogP contribution in [0.5, 0.6) is 0 Å². The Morgan fingerprint density at radius 2 is 2.31 bits per heavy atom. The molecule has 1 aliphatic rings. The van der Waals surface area contributed by atoms with Gasteiger partial charge in [0.15, 0.2) is 6.29 Å². The fraction of sp³-hybridized carbons (Fsp3) is 0.600. The van der Waals surface area contributed by atoms with Crippen LogP contribution < -0.4 is 0 Å². The van der Waals surface area contributed by atoms with Crippen LogP contribution in [0.3, 0.4) is 0 Å². The number of hydrogen-bond donors (Lipinski definition) is 0. The maximum atomic E-state index is 10.6. The summed E-state index contributed by atoms with van der Waals surface area (Å²) in [6, 6.07) is 0. The molecule has 1 fully saturated rings. The Balaban J connectivity index is 2.03. The van der Waals surface area contributed by atoms with E-state index in [0.29, 0.717) is 5.69 Å². The van der Waals surface area contributed by atoms with E-state index in [-0.39, 0.29) is 0 Å². The standard InChI is InChI=1S/C10H14N2O/c13-7-10-5-11-8-12(10)6-9-3-1-2-4-9/h5,7-9H,1-4,6H2. The summed E-state index contributed by atoms with van der Waals surface area (Å²) in [6.07, 6.45) is 9.55. The Morgan fingerprint density at radius 3 is 3.00 bits per heavy atom. The van der Waals surface area contributed by atoms with Crippen LogP contribution in [0.1, 0.15) is 36.2 Å². The van der Waals surface area contributed by atoms with E-state index in [2.05, 4.69) is 4.98 Å². The van der Waals surface area contributed by atoms with Crippen LogP contribution in [0.2, 0.25) is 0 Å². The lowest BCUT2D eigenvalue weighted by Crippen LogP contribution is -2.08. The van der Waals surface area contributed by atoms with E-state index in [1.54, 1.807) is 12.5 Å². The molecule has 0 amide bonds. The molecule has 13 heavy (non-hydrogen) atoms. The molecule has 0 unspecified atom stereocenters. The topological polar surface area (TPSA) is 34.9 Å². The van der Waals surface area contributed by atoms with E-state index in [9.17, 15) is 4.79 Å². The number of nitrogens with zero attached hydrogens (tertiary/aromatic N) is 2. The third-order valence-electron chi connectivity index (χ3n) is 2.79. The van der Waals surface area contributed by atoms with Gasteiger partial charge >= 0.3 is 0 Å². The van der Waals surface area contributed by atoms with Gasteiger partial charge in [-0.05, 0) is 18.8 Å². The Bertz CT molecular complexity index is 287. The summed E-state index contributed by atoms with van der Waals surface area (Å²) >= 11 is 0. The first kappa shape index (κ1) is 8.48. The van der Waals surface area contributed by atoms with Gasteiger partial charge < -0.3 is 4.57 Å². The smallest absolute Gasteiger partial charge is 0.168 e. The molecule has 1 heterocycles. The molecule has 1 aromatic rings. The fourth-order valence-electron chi connectivity index (χ4n) is 2.05. The highest BCUT2D eigenvalue weighted by Crippen LogP contribution is 2.26. The molecule has 1 aromatic heterocycles. The van der Waals surface area contributed by atoms with Gasteiger partial charge in [0.1, 0.15) is 5.69 Å². The van der Waals surface area contributed by atoms with Gasteiger partial charge in [-0.25, -0.2) is 4.98 Å². The van der Waals surface area contributed by atoms with Gasteiger partial charge in [0.25, 0.3) is 0 Å². The van der Waals surface area contributed by atoms with Crippen molar-refractivity contribution in [2.45, 2.75) is 32.2 Å². The van der Waals surface area contributed by atoms with E-state index in [1.807, 2.05) is 4.57 Å². The molecule has 0 radical (unpaired) electrons. The maximum Gasteiger partial charge on any atom is 0.168 e. The molecule has 0 spiro atoms. The van der Waals surface area contributed by atoms with Crippen LogP contribution in [0.15, 0.2) is 12.5 Å². The van der Waals surface area contributed by atoms with Crippen molar-refractivity contribution >= 4 is 6.29 Å². The molecular weight excluding hydrogens is 164 g/mol. The van der Waals surface area contributed by atoms with Gasteiger partial charge in [0.05, 0.1) is 12.5 Å². The summed E-state index contributed by atoms with van der Waals surface area (Å²) in [5, 5.41) is 0. The highest BCUT2D eigenvalue weighted by atomic mass is 16.1. The number of carbonyl (C=O) groups excluding carboxylic acids is 1. The van der Waals surface area contributed by atoms with Gasteiger partial charge in [0.2, 0.25) is 0 Å². The van der Waals surface area contributed by atoms with Crippen LogP contribution >= 0.6 is 0 Å². The quantitative estimate of drug-likeness (QED) is 0.662. The monoisotopic (exact) mass is 178 g/mol. The average molecular weight is 178 g/mol. The molecule has 0 bridgehead atoms. The van der Waals surface area contributed by atoms with Crippen LogP contribution in [0.25, 0.3) is 0 Å². The van der Waals surface area contributed by atoms with Gasteiger partial charge in [-0.3, -0.25) is 4.79 Å². The Morgan fingerprint density at radius 1 is 1.54 bits per heavy atom. The van der Waals surface area contributed by atoms with E-state index >= 15 is 0 Å². The Kier molecular flexibility index (Phi) is 2.43. The van der Waals surface area contributed by atoms with E-state index in [4.69, 9.17) is 0 Å². The number of rotatable bonds is 3. The fourth-order valence-corrected chi connectivity index (χ4v) is 2.05. The van der Waals surface area contributed by atoms with Crippen LogP contribution in [-0.2, 0) is 6.54 Å². The second-order valence-corrected chi connectivity index (χ2v) is 3.74. The zero-order valence-corrected chi connectivity index (χ0v) is 7.65. The molecule has 0 aromatic carbocycles. The highest BCUT2D eigenvalue weighted by Gasteiger charge is 2.16. The van der Waals surface area contributed by atoms with E-state index in [0.717, 1.165) is 18.7 Å². The molecule has 3 heteroatoms. The van der Waals surface area contributed by atoms with Crippen molar-refractivity contribution in [3.8, 4) is 0 Å². The normalized spacial score (nSPS) is 17.8. The maximum absolute atomic E-state index is 10.6. The molecule has 0 N–H and O–H groups in total. The number of carbonyl (C=O) groups is 1. The van der Waals surface area contributed by atoms with Gasteiger partial charge in [-0.2, -0.15) is 0 Å². The molecule has 70 valence electrons. The molecule has 3 nitrogen and oxygen atoms in total. The largest absolute Gasteiger partial charge is 0.328 e. The highest BCUT2D eigenvalue weighted by molar-refractivity contribution is 5.71. The first-order valence-corrected chi connectivity index (χ1v) is 4.85. The van der Waals surface area contributed by atoms with Crippen molar-refractivity contribution in [2.24, 2.45) is 5.92 Å². The van der Waals surface area contributed by atoms with Gasteiger partial charge in [-0.1, -0.05) is 12.8 Å². The lowest BCUT2D eigenvalue weighted by atomic mass is 10.1. The van der Waals surface area contributed by atoms with Crippen LogP contribution in [-0.4, -0.2) is 15.8 Å². The van der Waals surface area contributed by atoms with E-state index in [1.165, 1.54) is 25.7 Å². The van der Waals surface area contributed by atoms with Crippen molar-refractivity contribution < 1.29 is 4.79 Å². The van der Waals surface area contributed by atoms with Gasteiger partial charge in [-0.15, -0.1) is 0 Å². The average Bonchev–Trinajstić information content (AvgIpc) is 2.76. The van der Waals surface area contributed by atoms with Crippen molar-refractivity contribution in [1.29, 1.82) is 0 Å². The first-order chi connectivity index (χ1) is 6.40.